The van der Waals surface area contributed by atoms with Crippen molar-refractivity contribution >= 4 is 35.3 Å². The number of thioether (sulfide) groups is 1. The molecule has 4 rings (SSSR count). The van der Waals surface area contributed by atoms with Gasteiger partial charge in [0.1, 0.15) is 0 Å². The maximum Gasteiger partial charge on any atom is 0.265 e. The number of carbonyl (C=O) groups is 2. The van der Waals surface area contributed by atoms with E-state index < -0.39 is 0 Å². The number of aryl methyl sites for hydroxylation is 1. The standard InChI is InChI=1S/C27H26N2O2S/c1-3-16-28-26(30)21-14-12-20(13-15-21)17-25-27(31)29(18-22-9-5-4-8-19(22)2)23-10-6-7-11-24(23)32-25/h4-15,17H,3,16,18H2,1-2H3,(H,28,30). The molecule has 0 radical (unpaired) electrons. The number of hydrogen-bond acceptors (Lipinski definition) is 3. The van der Waals surface area contributed by atoms with Gasteiger partial charge in [-0.15, -0.1) is 0 Å². The highest BCUT2D eigenvalue weighted by Gasteiger charge is 2.29. The van der Waals surface area contributed by atoms with Crippen LogP contribution < -0.4 is 10.2 Å². The number of nitrogens with zero attached hydrogens (tertiary/aromatic N) is 1. The third-order valence-electron chi connectivity index (χ3n) is 5.43. The molecule has 0 aliphatic carbocycles. The van der Waals surface area contributed by atoms with Crippen molar-refractivity contribution in [1.82, 2.24) is 5.32 Å². The Morgan fingerprint density at radius 3 is 2.47 bits per heavy atom. The molecule has 1 N–H and O–H groups in total. The summed E-state index contributed by atoms with van der Waals surface area (Å²) in [5, 5.41) is 2.88. The number of benzene rings is 3. The number of carbonyl (C=O) groups excluding carboxylic acids is 2. The average molecular weight is 443 g/mol. The highest BCUT2D eigenvalue weighted by atomic mass is 32.2. The van der Waals surface area contributed by atoms with Crippen molar-refractivity contribution in [2.45, 2.75) is 31.7 Å². The minimum absolute atomic E-state index is 0.0123. The molecule has 0 aromatic heterocycles. The van der Waals surface area contributed by atoms with E-state index in [1.54, 1.807) is 12.1 Å². The van der Waals surface area contributed by atoms with Gasteiger partial charge in [-0.05, 0) is 60.4 Å². The van der Waals surface area contributed by atoms with E-state index in [0.717, 1.165) is 28.1 Å². The molecule has 0 saturated heterocycles. The van der Waals surface area contributed by atoms with Crippen molar-refractivity contribution in [2.75, 3.05) is 11.4 Å². The van der Waals surface area contributed by atoms with Crippen LogP contribution in [0.4, 0.5) is 5.69 Å². The van der Waals surface area contributed by atoms with Crippen molar-refractivity contribution in [3.63, 3.8) is 0 Å². The van der Waals surface area contributed by atoms with Gasteiger partial charge in [0.05, 0.1) is 17.1 Å². The Balaban J connectivity index is 1.62. The number of rotatable bonds is 6. The molecule has 0 atom stereocenters. The van der Waals surface area contributed by atoms with E-state index in [0.29, 0.717) is 23.6 Å². The lowest BCUT2D eigenvalue weighted by Gasteiger charge is -2.31. The SMILES string of the molecule is CCCNC(=O)c1ccc(C=C2Sc3ccccc3N(Cc3ccccc3C)C2=O)cc1. The van der Waals surface area contributed by atoms with E-state index >= 15 is 0 Å². The fourth-order valence-corrected chi connectivity index (χ4v) is 4.66. The zero-order chi connectivity index (χ0) is 22.5. The molecular formula is C27H26N2O2S. The summed E-state index contributed by atoms with van der Waals surface area (Å²) in [5.41, 5.74) is 4.74. The van der Waals surface area contributed by atoms with E-state index in [2.05, 4.69) is 24.4 Å². The van der Waals surface area contributed by atoms with Crippen LogP contribution in [-0.2, 0) is 11.3 Å². The van der Waals surface area contributed by atoms with Crippen LogP contribution in [0.2, 0.25) is 0 Å². The van der Waals surface area contributed by atoms with Crippen molar-refractivity contribution < 1.29 is 9.59 Å². The van der Waals surface area contributed by atoms with Gasteiger partial charge in [0.2, 0.25) is 0 Å². The lowest BCUT2D eigenvalue weighted by molar-refractivity contribution is -0.114. The van der Waals surface area contributed by atoms with Crippen LogP contribution in [0, 0.1) is 6.92 Å². The van der Waals surface area contributed by atoms with Gasteiger partial charge in [-0.1, -0.05) is 67.2 Å². The summed E-state index contributed by atoms with van der Waals surface area (Å²) in [6, 6.07) is 23.5. The number of anilines is 1. The van der Waals surface area contributed by atoms with E-state index in [4.69, 9.17) is 0 Å². The molecule has 5 heteroatoms. The fraction of sp³-hybridized carbons (Fsp3) is 0.185. The lowest BCUT2D eigenvalue weighted by Crippen LogP contribution is -2.33. The normalized spacial score (nSPS) is 14.4. The van der Waals surface area contributed by atoms with Gasteiger partial charge >= 0.3 is 0 Å². The van der Waals surface area contributed by atoms with Gasteiger partial charge in [0.15, 0.2) is 0 Å². The highest BCUT2D eigenvalue weighted by molar-refractivity contribution is 8.04. The fourth-order valence-electron chi connectivity index (χ4n) is 3.60. The molecule has 1 heterocycles. The van der Waals surface area contributed by atoms with Crippen molar-refractivity contribution in [3.8, 4) is 0 Å². The maximum atomic E-state index is 13.5. The smallest absolute Gasteiger partial charge is 0.265 e. The molecule has 0 bridgehead atoms. The first kappa shape index (κ1) is 21.9. The second-order valence-electron chi connectivity index (χ2n) is 7.77. The second-order valence-corrected chi connectivity index (χ2v) is 8.86. The van der Waals surface area contributed by atoms with Crippen molar-refractivity contribution in [3.05, 3.63) is 100.0 Å². The van der Waals surface area contributed by atoms with Gasteiger partial charge in [-0.2, -0.15) is 0 Å². The highest BCUT2D eigenvalue weighted by Crippen LogP contribution is 2.42. The largest absolute Gasteiger partial charge is 0.352 e. The van der Waals surface area contributed by atoms with E-state index in [9.17, 15) is 9.59 Å². The number of amides is 2. The Morgan fingerprint density at radius 1 is 1.00 bits per heavy atom. The van der Waals surface area contributed by atoms with E-state index in [-0.39, 0.29) is 11.8 Å². The molecule has 0 saturated carbocycles. The zero-order valence-corrected chi connectivity index (χ0v) is 19.1. The zero-order valence-electron chi connectivity index (χ0n) is 18.3. The molecule has 0 fully saturated rings. The monoisotopic (exact) mass is 442 g/mol. The van der Waals surface area contributed by atoms with Crippen LogP contribution >= 0.6 is 11.8 Å². The van der Waals surface area contributed by atoms with Crippen LogP contribution in [0.1, 0.15) is 40.4 Å². The summed E-state index contributed by atoms with van der Waals surface area (Å²) in [4.78, 5) is 29.2. The van der Waals surface area contributed by atoms with Crippen molar-refractivity contribution in [1.29, 1.82) is 0 Å². The summed E-state index contributed by atoms with van der Waals surface area (Å²) in [7, 11) is 0. The summed E-state index contributed by atoms with van der Waals surface area (Å²) < 4.78 is 0. The quantitative estimate of drug-likeness (QED) is 0.490. The van der Waals surface area contributed by atoms with E-state index in [1.807, 2.05) is 66.4 Å². The third-order valence-corrected chi connectivity index (χ3v) is 6.51. The van der Waals surface area contributed by atoms with Crippen molar-refractivity contribution in [2.24, 2.45) is 0 Å². The van der Waals surface area contributed by atoms with E-state index in [1.165, 1.54) is 17.3 Å². The van der Waals surface area contributed by atoms with Gasteiger partial charge in [0.25, 0.3) is 11.8 Å². The summed E-state index contributed by atoms with van der Waals surface area (Å²) in [6.45, 7) is 5.27. The Bertz CT molecular complexity index is 1170. The predicted molar refractivity (Wildman–Crippen MR) is 132 cm³/mol. The number of para-hydroxylation sites is 1. The predicted octanol–water partition coefficient (Wildman–Crippen LogP) is 5.81. The molecule has 1 aliphatic rings. The second kappa shape index (κ2) is 9.88. The molecule has 0 unspecified atom stereocenters. The molecule has 162 valence electrons. The van der Waals surface area contributed by atoms with Gasteiger partial charge in [0, 0.05) is 17.0 Å². The minimum atomic E-state index is -0.0764. The number of hydrogen-bond donors (Lipinski definition) is 1. The average Bonchev–Trinajstić information content (AvgIpc) is 2.82. The first-order chi connectivity index (χ1) is 15.6. The van der Waals surface area contributed by atoms with Gasteiger partial charge < -0.3 is 10.2 Å². The Morgan fingerprint density at radius 2 is 1.72 bits per heavy atom. The Labute approximate surface area is 193 Å². The summed E-state index contributed by atoms with van der Waals surface area (Å²) in [6.07, 6.45) is 2.80. The van der Waals surface area contributed by atoms with Crippen LogP contribution in [0.5, 0.6) is 0 Å². The molecule has 4 nitrogen and oxygen atoms in total. The van der Waals surface area contributed by atoms with Crippen LogP contribution in [0.25, 0.3) is 6.08 Å². The van der Waals surface area contributed by atoms with Crippen LogP contribution in [0.3, 0.4) is 0 Å². The Kier molecular flexibility index (Phi) is 6.76. The summed E-state index contributed by atoms with van der Waals surface area (Å²) >= 11 is 1.49. The molecular weight excluding hydrogens is 416 g/mol. The first-order valence-corrected chi connectivity index (χ1v) is 11.6. The minimum Gasteiger partial charge on any atom is -0.352 e. The molecule has 3 aromatic rings. The van der Waals surface area contributed by atoms with Gasteiger partial charge in [-0.3, -0.25) is 9.59 Å². The molecule has 32 heavy (non-hydrogen) atoms. The molecule has 1 aliphatic heterocycles. The molecule has 3 aromatic carbocycles. The number of fused-ring (bicyclic) bond motifs is 1. The van der Waals surface area contributed by atoms with Gasteiger partial charge in [-0.25, -0.2) is 0 Å². The van der Waals surface area contributed by atoms with Crippen LogP contribution in [-0.4, -0.2) is 18.4 Å². The lowest BCUT2D eigenvalue weighted by atomic mass is 10.1. The molecule has 0 spiro atoms. The first-order valence-electron chi connectivity index (χ1n) is 10.8. The van der Waals surface area contributed by atoms with Crippen LogP contribution in [0.15, 0.2) is 82.6 Å². The Hall–Kier alpha value is -3.31. The molecule has 2 amide bonds. The third kappa shape index (κ3) is 4.78. The number of nitrogens with one attached hydrogen (secondary N) is 1. The topological polar surface area (TPSA) is 49.4 Å². The maximum absolute atomic E-state index is 13.5. The summed E-state index contributed by atoms with van der Waals surface area (Å²) in [5.74, 6) is -0.0887.